The Bertz CT molecular complexity index is 672. The average Bonchev–Trinajstić information content (AvgIpc) is 3.14. The minimum atomic E-state index is -0.253. The first-order chi connectivity index (χ1) is 10.2. The fourth-order valence-electron chi connectivity index (χ4n) is 2.60. The summed E-state index contributed by atoms with van der Waals surface area (Å²) in [5.74, 6) is -0.139. The maximum Gasteiger partial charge on any atom is 0.267 e. The fourth-order valence-corrected chi connectivity index (χ4v) is 3.29. The molecule has 3 rings (SSSR count). The van der Waals surface area contributed by atoms with Gasteiger partial charge in [0.05, 0.1) is 4.88 Å². The number of thiophene rings is 1. The van der Waals surface area contributed by atoms with Crippen LogP contribution >= 0.6 is 11.3 Å². The van der Waals surface area contributed by atoms with Crippen LogP contribution in [-0.4, -0.2) is 21.7 Å². The molecule has 2 heterocycles. The van der Waals surface area contributed by atoms with E-state index in [1.807, 2.05) is 17.5 Å². The zero-order valence-electron chi connectivity index (χ0n) is 11.6. The Kier molecular flexibility index (Phi) is 4.15. The van der Waals surface area contributed by atoms with Crippen molar-refractivity contribution in [3.05, 3.63) is 40.0 Å². The highest BCUT2D eigenvalue weighted by Crippen LogP contribution is 2.21. The highest BCUT2D eigenvalue weighted by molar-refractivity contribution is 7.13. The molecule has 0 spiro atoms. The molecule has 0 aromatic carbocycles. The van der Waals surface area contributed by atoms with Gasteiger partial charge < -0.3 is 5.32 Å². The highest BCUT2D eigenvalue weighted by Gasteiger charge is 2.17. The van der Waals surface area contributed by atoms with E-state index in [1.165, 1.54) is 10.7 Å². The number of nitrogens with zero attached hydrogens (tertiary/aromatic N) is 2. The number of carbonyl (C=O) groups excluding carboxylic acids is 1. The normalized spacial score (nSPS) is 15.2. The molecule has 1 N–H and O–H groups in total. The Hall–Kier alpha value is -1.95. The molecule has 110 valence electrons. The molecule has 21 heavy (non-hydrogen) atoms. The Labute approximate surface area is 126 Å². The lowest BCUT2D eigenvalue weighted by Crippen LogP contribution is -2.38. The minimum absolute atomic E-state index is 0.0193. The topological polar surface area (TPSA) is 64.0 Å². The van der Waals surface area contributed by atoms with Crippen molar-refractivity contribution in [1.29, 1.82) is 0 Å². The maximum atomic E-state index is 12.0. The quantitative estimate of drug-likeness (QED) is 0.940. The zero-order valence-corrected chi connectivity index (χ0v) is 12.4. The maximum absolute atomic E-state index is 12.0. The Morgan fingerprint density at radius 2 is 2.14 bits per heavy atom. The van der Waals surface area contributed by atoms with Crippen LogP contribution in [0.1, 0.15) is 25.7 Å². The van der Waals surface area contributed by atoms with Gasteiger partial charge in [0.25, 0.3) is 5.56 Å². The van der Waals surface area contributed by atoms with Gasteiger partial charge in [0.15, 0.2) is 0 Å². The molecular weight excluding hydrogens is 286 g/mol. The van der Waals surface area contributed by atoms with Crippen LogP contribution in [0.2, 0.25) is 0 Å². The van der Waals surface area contributed by atoms with Gasteiger partial charge in [-0.25, -0.2) is 4.68 Å². The lowest BCUT2D eigenvalue weighted by Gasteiger charge is -2.12. The molecule has 0 saturated heterocycles. The van der Waals surface area contributed by atoms with Gasteiger partial charge in [0.1, 0.15) is 12.2 Å². The van der Waals surface area contributed by atoms with Gasteiger partial charge in [-0.05, 0) is 30.4 Å². The number of carbonyl (C=O) groups is 1. The molecule has 1 saturated carbocycles. The van der Waals surface area contributed by atoms with Crippen molar-refractivity contribution in [2.75, 3.05) is 0 Å². The Balaban J connectivity index is 1.73. The molecule has 6 heteroatoms. The van der Waals surface area contributed by atoms with Gasteiger partial charge >= 0.3 is 0 Å². The molecule has 0 atom stereocenters. The molecule has 1 fully saturated rings. The Morgan fingerprint density at radius 3 is 2.86 bits per heavy atom. The van der Waals surface area contributed by atoms with Crippen molar-refractivity contribution >= 4 is 17.2 Å². The number of amides is 1. The SMILES string of the molecule is O=C(Cn1nc(-c2cccs2)ccc1=O)NC1CCCC1. The first-order valence-electron chi connectivity index (χ1n) is 7.14. The number of rotatable bonds is 4. The van der Waals surface area contributed by atoms with Crippen LogP contribution in [0.3, 0.4) is 0 Å². The number of hydrogen-bond acceptors (Lipinski definition) is 4. The van der Waals surface area contributed by atoms with E-state index in [1.54, 1.807) is 17.4 Å². The second kappa shape index (κ2) is 6.22. The van der Waals surface area contributed by atoms with Crippen LogP contribution in [0.4, 0.5) is 0 Å². The summed E-state index contributed by atoms with van der Waals surface area (Å²) in [6.07, 6.45) is 4.39. The van der Waals surface area contributed by atoms with Crippen molar-refractivity contribution in [2.24, 2.45) is 0 Å². The largest absolute Gasteiger partial charge is 0.352 e. The summed E-state index contributed by atoms with van der Waals surface area (Å²) in [5, 5.41) is 9.21. The predicted molar refractivity (Wildman–Crippen MR) is 82.2 cm³/mol. The van der Waals surface area contributed by atoms with Crippen LogP contribution < -0.4 is 10.9 Å². The molecule has 2 aromatic rings. The number of aromatic nitrogens is 2. The van der Waals surface area contributed by atoms with E-state index in [2.05, 4.69) is 10.4 Å². The van der Waals surface area contributed by atoms with E-state index in [9.17, 15) is 9.59 Å². The third-order valence-corrected chi connectivity index (χ3v) is 4.55. The second-order valence-electron chi connectivity index (χ2n) is 5.24. The van der Waals surface area contributed by atoms with Crippen LogP contribution in [0.15, 0.2) is 34.4 Å². The average molecular weight is 303 g/mol. The van der Waals surface area contributed by atoms with Crippen LogP contribution in [0.25, 0.3) is 10.6 Å². The van der Waals surface area contributed by atoms with E-state index in [-0.39, 0.29) is 24.1 Å². The monoisotopic (exact) mass is 303 g/mol. The van der Waals surface area contributed by atoms with Gasteiger partial charge in [0, 0.05) is 12.1 Å². The van der Waals surface area contributed by atoms with Gasteiger partial charge in [0.2, 0.25) is 5.91 Å². The van der Waals surface area contributed by atoms with E-state index in [0.717, 1.165) is 36.3 Å². The van der Waals surface area contributed by atoms with Gasteiger partial charge in [-0.1, -0.05) is 18.9 Å². The van der Waals surface area contributed by atoms with E-state index >= 15 is 0 Å². The summed E-state index contributed by atoms with van der Waals surface area (Å²) >= 11 is 1.56. The highest BCUT2D eigenvalue weighted by atomic mass is 32.1. The molecule has 0 bridgehead atoms. The van der Waals surface area contributed by atoms with Crippen molar-refractivity contribution < 1.29 is 4.79 Å². The number of hydrogen-bond donors (Lipinski definition) is 1. The zero-order chi connectivity index (χ0) is 14.7. The fraction of sp³-hybridized carbons (Fsp3) is 0.400. The summed E-state index contributed by atoms with van der Waals surface area (Å²) in [6, 6.07) is 7.29. The molecule has 0 radical (unpaired) electrons. The van der Waals surface area contributed by atoms with E-state index < -0.39 is 0 Å². The molecule has 0 unspecified atom stereocenters. The van der Waals surface area contributed by atoms with Crippen molar-refractivity contribution in [1.82, 2.24) is 15.1 Å². The lowest BCUT2D eigenvalue weighted by molar-refractivity contribution is -0.122. The van der Waals surface area contributed by atoms with Crippen LogP contribution in [0, 0.1) is 0 Å². The molecule has 1 aliphatic rings. The molecule has 1 aliphatic carbocycles. The Morgan fingerprint density at radius 1 is 1.33 bits per heavy atom. The third-order valence-electron chi connectivity index (χ3n) is 3.65. The summed E-state index contributed by atoms with van der Waals surface area (Å²) < 4.78 is 1.24. The molecular formula is C15H17N3O2S. The van der Waals surface area contributed by atoms with Crippen LogP contribution in [-0.2, 0) is 11.3 Å². The van der Waals surface area contributed by atoms with Gasteiger partial charge in [-0.15, -0.1) is 11.3 Å². The van der Waals surface area contributed by atoms with Crippen molar-refractivity contribution in [3.8, 4) is 10.6 Å². The second-order valence-corrected chi connectivity index (χ2v) is 6.19. The standard InChI is InChI=1S/C15H17N3O2S/c19-14(16-11-4-1-2-5-11)10-18-15(20)8-7-12(17-18)13-6-3-9-21-13/h3,6-9,11H,1-2,4-5,10H2,(H,16,19). The van der Waals surface area contributed by atoms with E-state index in [4.69, 9.17) is 0 Å². The molecule has 0 aliphatic heterocycles. The first-order valence-corrected chi connectivity index (χ1v) is 8.02. The van der Waals surface area contributed by atoms with E-state index in [0.29, 0.717) is 0 Å². The molecule has 2 aromatic heterocycles. The predicted octanol–water partition coefficient (Wildman–Crippen LogP) is 2.03. The summed E-state index contributed by atoms with van der Waals surface area (Å²) in [6.45, 7) is -0.0193. The van der Waals surface area contributed by atoms with Crippen molar-refractivity contribution in [2.45, 2.75) is 38.3 Å². The van der Waals surface area contributed by atoms with Crippen molar-refractivity contribution in [3.63, 3.8) is 0 Å². The number of nitrogens with one attached hydrogen (secondary N) is 1. The van der Waals surface area contributed by atoms with Gasteiger partial charge in [-0.3, -0.25) is 9.59 Å². The van der Waals surface area contributed by atoms with Crippen LogP contribution in [0.5, 0.6) is 0 Å². The summed E-state index contributed by atoms with van der Waals surface area (Å²) in [5.41, 5.74) is 0.468. The third kappa shape index (κ3) is 3.39. The summed E-state index contributed by atoms with van der Waals surface area (Å²) in [7, 11) is 0. The summed E-state index contributed by atoms with van der Waals surface area (Å²) in [4.78, 5) is 24.8. The molecule has 1 amide bonds. The minimum Gasteiger partial charge on any atom is -0.352 e. The molecule has 5 nitrogen and oxygen atoms in total. The van der Waals surface area contributed by atoms with Gasteiger partial charge in [-0.2, -0.15) is 5.10 Å². The lowest BCUT2D eigenvalue weighted by atomic mass is 10.2. The smallest absolute Gasteiger partial charge is 0.267 e. The first kappa shape index (κ1) is 14.0.